The number of fused-ring (bicyclic) bond motifs is 3. The van der Waals surface area contributed by atoms with Gasteiger partial charge in [0.1, 0.15) is 0 Å². The number of para-hydroxylation sites is 2. The molecule has 0 saturated heterocycles. The van der Waals surface area contributed by atoms with Crippen LogP contribution < -0.4 is 19.6 Å². The van der Waals surface area contributed by atoms with Crippen molar-refractivity contribution in [3.8, 4) is 11.5 Å². The third-order valence-corrected chi connectivity index (χ3v) is 4.82. The Bertz CT molecular complexity index is 1220. The van der Waals surface area contributed by atoms with Gasteiger partial charge in [0, 0.05) is 0 Å². The lowest BCUT2D eigenvalue weighted by atomic mass is 10.2. The van der Waals surface area contributed by atoms with Gasteiger partial charge in [-0.05, 0) is 35.9 Å². The number of rotatable bonds is 4. The first-order valence-corrected chi connectivity index (χ1v) is 8.43. The van der Waals surface area contributed by atoms with Crippen LogP contribution in [-0.4, -0.2) is 23.1 Å². The van der Waals surface area contributed by atoms with E-state index in [0.717, 1.165) is 11.0 Å². The molecule has 0 aliphatic carbocycles. The lowest BCUT2D eigenvalue weighted by molar-refractivity contribution is -0.0512. The molecule has 0 aliphatic rings. The molecule has 0 bridgehead atoms. The fourth-order valence-electron chi connectivity index (χ4n) is 2.73. The number of nitrogens with zero attached hydrogens (tertiary/aromatic N) is 2. The van der Waals surface area contributed by atoms with Crippen LogP contribution in [0.25, 0.3) is 22.1 Å². The number of aromatic nitrogens is 2. The molecule has 2 heterocycles. The molecule has 0 spiro atoms. The van der Waals surface area contributed by atoms with E-state index in [9.17, 15) is 13.6 Å². The van der Waals surface area contributed by atoms with Crippen molar-refractivity contribution in [3.05, 3.63) is 62.9 Å². The van der Waals surface area contributed by atoms with Crippen molar-refractivity contribution in [1.82, 2.24) is 9.38 Å². The van der Waals surface area contributed by atoms with Gasteiger partial charge in [0.2, 0.25) is 0 Å². The van der Waals surface area contributed by atoms with Crippen LogP contribution >= 0.6 is 11.3 Å². The molecular formula is C18H12F2N2O3S. The normalized spacial score (nSPS) is 12.4. The minimum Gasteiger partial charge on any atom is -0.493 e. The van der Waals surface area contributed by atoms with Crippen LogP contribution in [-0.2, 0) is 0 Å². The molecule has 4 aromatic rings. The van der Waals surface area contributed by atoms with Gasteiger partial charge in [-0.2, -0.15) is 8.78 Å². The molecule has 4 rings (SSSR count). The highest BCUT2D eigenvalue weighted by Gasteiger charge is 2.12. The van der Waals surface area contributed by atoms with Gasteiger partial charge in [-0.15, -0.1) is 0 Å². The highest BCUT2D eigenvalue weighted by atomic mass is 32.1. The van der Waals surface area contributed by atoms with Gasteiger partial charge in [-0.1, -0.05) is 29.5 Å². The first-order valence-electron chi connectivity index (χ1n) is 7.61. The molecule has 0 aliphatic heterocycles. The predicted molar refractivity (Wildman–Crippen MR) is 95.3 cm³/mol. The summed E-state index contributed by atoms with van der Waals surface area (Å²) in [5, 5.41) is 0. The smallest absolute Gasteiger partial charge is 0.387 e. The van der Waals surface area contributed by atoms with Crippen LogP contribution in [0.15, 0.2) is 47.3 Å². The van der Waals surface area contributed by atoms with Crippen molar-refractivity contribution < 1.29 is 18.3 Å². The number of alkyl halides is 2. The first kappa shape index (κ1) is 16.5. The van der Waals surface area contributed by atoms with E-state index < -0.39 is 6.61 Å². The summed E-state index contributed by atoms with van der Waals surface area (Å²) in [6.07, 6.45) is 1.67. The van der Waals surface area contributed by atoms with Crippen molar-refractivity contribution in [1.29, 1.82) is 0 Å². The summed E-state index contributed by atoms with van der Waals surface area (Å²) < 4.78 is 36.4. The minimum absolute atomic E-state index is 0.0611. The number of imidazole rings is 1. The Morgan fingerprint density at radius 2 is 2.00 bits per heavy atom. The van der Waals surface area contributed by atoms with Crippen LogP contribution in [0.4, 0.5) is 8.78 Å². The molecule has 0 N–H and O–H groups in total. The number of hydrogen-bond donors (Lipinski definition) is 0. The zero-order chi connectivity index (χ0) is 18.3. The van der Waals surface area contributed by atoms with Crippen LogP contribution in [0.2, 0.25) is 0 Å². The van der Waals surface area contributed by atoms with Crippen LogP contribution in [0.5, 0.6) is 11.5 Å². The summed E-state index contributed by atoms with van der Waals surface area (Å²) in [6.45, 7) is -2.94. The van der Waals surface area contributed by atoms with Crippen LogP contribution in [0.1, 0.15) is 5.56 Å². The minimum atomic E-state index is -2.94. The molecule has 26 heavy (non-hydrogen) atoms. The number of hydrogen-bond acceptors (Lipinski definition) is 5. The summed E-state index contributed by atoms with van der Waals surface area (Å²) in [6, 6.07) is 11.9. The monoisotopic (exact) mass is 374 g/mol. The van der Waals surface area contributed by atoms with E-state index in [1.807, 2.05) is 24.3 Å². The van der Waals surface area contributed by atoms with Crippen molar-refractivity contribution >= 4 is 33.4 Å². The molecule has 0 unspecified atom stereocenters. The third kappa shape index (κ3) is 2.78. The highest BCUT2D eigenvalue weighted by Crippen LogP contribution is 2.29. The Morgan fingerprint density at radius 1 is 1.19 bits per heavy atom. The molecule has 2 aromatic heterocycles. The number of halogens is 2. The molecule has 0 saturated carbocycles. The van der Waals surface area contributed by atoms with Gasteiger partial charge in [0.05, 0.1) is 22.7 Å². The Hall–Kier alpha value is -3.00. The lowest BCUT2D eigenvalue weighted by Crippen LogP contribution is -2.22. The van der Waals surface area contributed by atoms with Crippen LogP contribution in [0.3, 0.4) is 0 Å². The maximum absolute atomic E-state index is 12.7. The van der Waals surface area contributed by atoms with Crippen molar-refractivity contribution in [2.24, 2.45) is 0 Å². The zero-order valence-electron chi connectivity index (χ0n) is 13.5. The second-order valence-electron chi connectivity index (χ2n) is 5.42. The number of ether oxygens (including phenoxy) is 2. The van der Waals surface area contributed by atoms with E-state index in [2.05, 4.69) is 9.72 Å². The maximum atomic E-state index is 12.7. The average molecular weight is 374 g/mol. The van der Waals surface area contributed by atoms with E-state index >= 15 is 0 Å². The van der Waals surface area contributed by atoms with E-state index in [1.165, 1.54) is 30.6 Å². The fourth-order valence-corrected chi connectivity index (χ4v) is 3.72. The molecule has 8 heteroatoms. The lowest BCUT2D eigenvalue weighted by Gasteiger charge is -2.09. The third-order valence-electron chi connectivity index (χ3n) is 3.85. The first-order chi connectivity index (χ1) is 12.6. The molecular weight excluding hydrogens is 362 g/mol. The second-order valence-corrected chi connectivity index (χ2v) is 6.43. The second kappa shape index (κ2) is 6.38. The van der Waals surface area contributed by atoms with Gasteiger partial charge < -0.3 is 9.47 Å². The summed E-state index contributed by atoms with van der Waals surface area (Å²) in [5.74, 6) is 0.104. The Balaban J connectivity index is 1.83. The molecule has 132 valence electrons. The Kier molecular flexibility index (Phi) is 4.04. The number of benzene rings is 2. The molecule has 0 atom stereocenters. The fraction of sp³-hybridized carbons (Fsp3) is 0.111. The quantitative estimate of drug-likeness (QED) is 0.551. The largest absolute Gasteiger partial charge is 0.493 e. The van der Waals surface area contributed by atoms with Gasteiger partial charge in [-0.25, -0.2) is 9.38 Å². The summed E-state index contributed by atoms with van der Waals surface area (Å²) >= 11 is 1.26. The Morgan fingerprint density at radius 3 is 2.77 bits per heavy atom. The Labute approximate surface area is 149 Å². The van der Waals surface area contributed by atoms with Crippen molar-refractivity contribution in [2.75, 3.05) is 7.11 Å². The van der Waals surface area contributed by atoms with E-state index in [0.29, 0.717) is 15.1 Å². The topological polar surface area (TPSA) is 52.8 Å². The summed E-state index contributed by atoms with van der Waals surface area (Å²) in [7, 11) is 1.36. The van der Waals surface area contributed by atoms with E-state index in [4.69, 9.17) is 4.74 Å². The van der Waals surface area contributed by atoms with E-state index in [-0.39, 0.29) is 17.1 Å². The molecule has 0 amide bonds. The van der Waals surface area contributed by atoms with Gasteiger partial charge >= 0.3 is 6.61 Å². The predicted octanol–water partition coefficient (Wildman–Crippen LogP) is 3.07. The van der Waals surface area contributed by atoms with E-state index in [1.54, 1.807) is 16.5 Å². The number of thiazole rings is 1. The molecule has 2 aromatic carbocycles. The average Bonchev–Trinajstić information content (AvgIpc) is 3.12. The van der Waals surface area contributed by atoms with Gasteiger partial charge in [-0.3, -0.25) is 4.79 Å². The molecule has 0 fully saturated rings. The van der Waals surface area contributed by atoms with Crippen molar-refractivity contribution in [2.45, 2.75) is 6.61 Å². The zero-order valence-corrected chi connectivity index (χ0v) is 14.3. The summed E-state index contributed by atoms with van der Waals surface area (Å²) in [5.41, 5.74) is 1.97. The molecule has 0 radical (unpaired) electrons. The van der Waals surface area contributed by atoms with Gasteiger partial charge in [0.15, 0.2) is 16.5 Å². The highest BCUT2D eigenvalue weighted by molar-refractivity contribution is 7.15. The maximum Gasteiger partial charge on any atom is 0.387 e. The van der Waals surface area contributed by atoms with Gasteiger partial charge in [0.25, 0.3) is 5.56 Å². The van der Waals surface area contributed by atoms with Crippen LogP contribution in [0, 0.1) is 0 Å². The van der Waals surface area contributed by atoms with Crippen molar-refractivity contribution in [3.63, 3.8) is 0 Å². The molecule has 5 nitrogen and oxygen atoms in total. The summed E-state index contributed by atoms with van der Waals surface area (Å²) in [4.78, 5) is 17.8. The SMILES string of the molecule is COc1cc(/C=c2\sc3nc4ccccc4n3c2=O)ccc1OC(F)F. The standard InChI is InChI=1S/C18H12F2N2O3S/c1-24-14-8-10(6-7-13(14)25-17(19)20)9-15-16(23)22-12-5-3-2-4-11(12)21-18(22)26-15/h2-9,17H,1H3/b15-9-. The number of methoxy groups -OCH3 is 1.